The molecule has 15 nitrogen and oxygen atoms in total. The lowest BCUT2D eigenvalue weighted by molar-refractivity contribution is -0.143. The van der Waals surface area contributed by atoms with Gasteiger partial charge in [0.2, 0.25) is 23.6 Å². The van der Waals surface area contributed by atoms with E-state index in [1.807, 2.05) is 0 Å². The van der Waals surface area contributed by atoms with Crippen LogP contribution in [-0.4, -0.2) is 79.9 Å². The number of carboxylic acids is 2. The molecule has 35 heavy (non-hydrogen) atoms. The third-order valence-electron chi connectivity index (χ3n) is 4.88. The summed E-state index contributed by atoms with van der Waals surface area (Å²) < 4.78 is 0. The van der Waals surface area contributed by atoms with Crippen LogP contribution in [0.25, 0.3) is 0 Å². The largest absolute Gasteiger partial charge is 0.481 e. The van der Waals surface area contributed by atoms with Crippen molar-refractivity contribution < 1.29 is 39.0 Å². The summed E-state index contributed by atoms with van der Waals surface area (Å²) in [6.45, 7) is 3.26. The van der Waals surface area contributed by atoms with Gasteiger partial charge in [-0.2, -0.15) is 0 Å². The summed E-state index contributed by atoms with van der Waals surface area (Å²) in [5.74, 6) is -6.45. The van der Waals surface area contributed by atoms with Gasteiger partial charge in [-0.25, -0.2) is 9.78 Å². The summed E-state index contributed by atoms with van der Waals surface area (Å²) in [7, 11) is 0. The topological polar surface area (TPSA) is 260 Å². The molecular weight excluding hydrogens is 466 g/mol. The highest BCUT2D eigenvalue weighted by atomic mass is 16.4. The van der Waals surface area contributed by atoms with Crippen molar-refractivity contribution >= 4 is 35.6 Å². The van der Waals surface area contributed by atoms with Gasteiger partial charge in [0, 0.05) is 24.7 Å². The Kier molecular flexibility index (Phi) is 11.3. The lowest BCUT2D eigenvalue weighted by Crippen LogP contribution is -2.59. The third-order valence-corrected chi connectivity index (χ3v) is 4.88. The quantitative estimate of drug-likeness (QED) is 0.123. The Morgan fingerprint density at radius 2 is 1.63 bits per heavy atom. The van der Waals surface area contributed by atoms with E-state index in [0.717, 1.165) is 0 Å². The fourth-order valence-electron chi connectivity index (χ4n) is 2.97. The van der Waals surface area contributed by atoms with Crippen LogP contribution in [-0.2, 0) is 35.2 Å². The van der Waals surface area contributed by atoms with E-state index in [4.69, 9.17) is 16.6 Å². The molecule has 0 spiro atoms. The first-order chi connectivity index (χ1) is 16.3. The highest BCUT2D eigenvalue weighted by Crippen LogP contribution is 2.07. The SMILES string of the molecule is CC(C)C(NC(=O)C(N)CCC(=O)O)C(=O)NC(Cc1cnc[nH]1)C(=O)NC(CC(N)=O)C(=O)O. The molecule has 0 aliphatic rings. The van der Waals surface area contributed by atoms with Crippen molar-refractivity contribution in [3.05, 3.63) is 18.2 Å². The maximum Gasteiger partial charge on any atom is 0.326 e. The molecular formula is C20H31N7O8. The Balaban J connectivity index is 3.01. The van der Waals surface area contributed by atoms with Gasteiger partial charge in [-0.05, 0) is 12.3 Å². The summed E-state index contributed by atoms with van der Waals surface area (Å²) in [6.07, 6.45) is 1.48. The van der Waals surface area contributed by atoms with E-state index < -0.39 is 72.1 Å². The van der Waals surface area contributed by atoms with Gasteiger partial charge in [0.1, 0.15) is 18.1 Å². The highest BCUT2D eigenvalue weighted by Gasteiger charge is 2.32. The second-order valence-electron chi connectivity index (χ2n) is 8.18. The first kappa shape index (κ1) is 29.0. The molecule has 0 fully saturated rings. The minimum atomic E-state index is -1.62. The van der Waals surface area contributed by atoms with Crippen molar-refractivity contribution in [1.29, 1.82) is 0 Å². The molecule has 1 heterocycles. The number of aliphatic carboxylic acids is 2. The van der Waals surface area contributed by atoms with E-state index in [9.17, 15) is 33.9 Å². The summed E-state index contributed by atoms with van der Waals surface area (Å²) in [4.78, 5) is 78.0. The summed E-state index contributed by atoms with van der Waals surface area (Å²) in [6, 6.07) is -5.24. The van der Waals surface area contributed by atoms with Crippen LogP contribution in [0.15, 0.2) is 12.5 Å². The van der Waals surface area contributed by atoms with E-state index in [2.05, 4.69) is 25.9 Å². The van der Waals surface area contributed by atoms with Gasteiger partial charge < -0.3 is 42.6 Å². The van der Waals surface area contributed by atoms with Crippen LogP contribution >= 0.6 is 0 Å². The van der Waals surface area contributed by atoms with Crippen LogP contribution in [0.4, 0.5) is 0 Å². The Morgan fingerprint density at radius 3 is 2.11 bits per heavy atom. The van der Waals surface area contributed by atoms with E-state index in [-0.39, 0.29) is 19.3 Å². The van der Waals surface area contributed by atoms with Gasteiger partial charge in [-0.3, -0.25) is 24.0 Å². The van der Waals surface area contributed by atoms with E-state index in [0.29, 0.717) is 5.69 Å². The normalized spacial score (nSPS) is 14.3. The number of carboxylic acid groups (broad SMARTS) is 2. The van der Waals surface area contributed by atoms with Crippen LogP contribution in [0, 0.1) is 5.92 Å². The standard InChI is InChI=1S/C20H31N7O8/c1-9(2)16(27-17(31)11(21)3-4-15(29)30)19(33)25-12(5-10-7-23-8-24-10)18(32)26-13(20(34)35)6-14(22)28/h7-9,11-13,16H,3-6,21H2,1-2H3,(H2,22,28)(H,23,24)(H,25,33)(H,26,32)(H,27,31)(H,29,30)(H,34,35). The zero-order chi connectivity index (χ0) is 26.7. The van der Waals surface area contributed by atoms with Gasteiger partial charge >= 0.3 is 11.9 Å². The van der Waals surface area contributed by atoms with Crippen LogP contribution < -0.4 is 27.4 Å². The number of amides is 4. The predicted molar refractivity (Wildman–Crippen MR) is 119 cm³/mol. The summed E-state index contributed by atoms with van der Waals surface area (Å²) >= 11 is 0. The Labute approximate surface area is 200 Å². The van der Waals surface area contributed by atoms with E-state index in [1.165, 1.54) is 12.5 Å². The van der Waals surface area contributed by atoms with Crippen LogP contribution in [0.2, 0.25) is 0 Å². The van der Waals surface area contributed by atoms with Crippen LogP contribution in [0.1, 0.15) is 38.8 Å². The number of hydrogen-bond donors (Lipinski definition) is 8. The predicted octanol–water partition coefficient (Wildman–Crippen LogP) is -2.79. The molecule has 0 radical (unpaired) electrons. The van der Waals surface area contributed by atoms with Gasteiger partial charge in [0.15, 0.2) is 0 Å². The van der Waals surface area contributed by atoms with Gasteiger partial charge in [0.25, 0.3) is 0 Å². The van der Waals surface area contributed by atoms with E-state index in [1.54, 1.807) is 13.8 Å². The van der Waals surface area contributed by atoms with Crippen LogP contribution in [0.3, 0.4) is 0 Å². The highest BCUT2D eigenvalue weighted by molar-refractivity contribution is 5.95. The van der Waals surface area contributed by atoms with Gasteiger partial charge in [0.05, 0.1) is 18.8 Å². The fraction of sp³-hybridized carbons (Fsp3) is 0.550. The molecule has 194 valence electrons. The van der Waals surface area contributed by atoms with E-state index >= 15 is 0 Å². The zero-order valence-corrected chi connectivity index (χ0v) is 19.3. The zero-order valence-electron chi connectivity index (χ0n) is 19.3. The number of nitrogens with two attached hydrogens (primary N) is 2. The summed E-state index contributed by atoms with van der Waals surface area (Å²) in [5.41, 5.74) is 11.2. The number of carbonyl (C=O) groups excluding carboxylic acids is 4. The minimum absolute atomic E-state index is 0.114. The molecule has 0 aliphatic carbocycles. The second kappa shape index (κ2) is 13.6. The first-order valence-corrected chi connectivity index (χ1v) is 10.7. The van der Waals surface area contributed by atoms with Crippen molar-refractivity contribution in [2.24, 2.45) is 17.4 Å². The molecule has 0 aliphatic heterocycles. The van der Waals surface area contributed by atoms with Crippen molar-refractivity contribution in [2.45, 2.75) is 63.7 Å². The number of H-pyrrole nitrogens is 1. The first-order valence-electron chi connectivity index (χ1n) is 10.7. The Hall–Kier alpha value is -4.01. The number of nitrogens with zero attached hydrogens (tertiary/aromatic N) is 1. The molecule has 10 N–H and O–H groups in total. The lowest BCUT2D eigenvalue weighted by atomic mass is 10.0. The molecule has 1 rings (SSSR count). The van der Waals surface area contributed by atoms with Gasteiger partial charge in [-0.1, -0.05) is 13.8 Å². The number of carbonyl (C=O) groups is 6. The van der Waals surface area contributed by atoms with Crippen LogP contribution in [0.5, 0.6) is 0 Å². The van der Waals surface area contributed by atoms with Crippen molar-refractivity contribution in [3.8, 4) is 0 Å². The lowest BCUT2D eigenvalue weighted by Gasteiger charge is -2.26. The maximum absolute atomic E-state index is 13.0. The van der Waals surface area contributed by atoms with Crippen molar-refractivity contribution in [2.75, 3.05) is 0 Å². The second-order valence-corrected chi connectivity index (χ2v) is 8.18. The molecule has 15 heteroatoms. The molecule has 4 unspecified atom stereocenters. The Morgan fingerprint density at radius 1 is 1.00 bits per heavy atom. The molecule has 4 atom stereocenters. The van der Waals surface area contributed by atoms with Crippen molar-refractivity contribution in [3.63, 3.8) is 0 Å². The smallest absolute Gasteiger partial charge is 0.326 e. The fourth-order valence-corrected chi connectivity index (χ4v) is 2.97. The molecule has 0 bridgehead atoms. The number of primary amides is 1. The molecule has 0 saturated carbocycles. The molecule has 4 amide bonds. The average Bonchev–Trinajstić information content (AvgIpc) is 3.26. The minimum Gasteiger partial charge on any atom is -0.481 e. The Bertz CT molecular complexity index is 919. The van der Waals surface area contributed by atoms with Crippen molar-refractivity contribution in [1.82, 2.24) is 25.9 Å². The number of imidazole rings is 1. The maximum atomic E-state index is 13.0. The molecule has 0 saturated heterocycles. The number of nitrogens with one attached hydrogen (secondary N) is 4. The number of aromatic nitrogens is 2. The average molecular weight is 498 g/mol. The summed E-state index contributed by atoms with van der Waals surface area (Å²) in [5, 5.41) is 25.1. The third kappa shape index (κ3) is 10.2. The van der Waals surface area contributed by atoms with Gasteiger partial charge in [-0.15, -0.1) is 0 Å². The molecule has 1 aromatic heterocycles. The molecule has 0 aromatic carbocycles. The monoisotopic (exact) mass is 497 g/mol. The molecule has 1 aromatic rings. The number of aromatic amines is 1. The number of rotatable bonds is 15. The number of hydrogen-bond acceptors (Lipinski definition) is 8.